The van der Waals surface area contributed by atoms with E-state index in [-0.39, 0.29) is 24.0 Å². The monoisotopic (exact) mass is 512 g/mol. The van der Waals surface area contributed by atoms with E-state index in [1.165, 1.54) is 18.4 Å². The number of anilines is 1. The van der Waals surface area contributed by atoms with Gasteiger partial charge in [-0.15, -0.1) is 24.0 Å². The summed E-state index contributed by atoms with van der Waals surface area (Å²) >= 11 is 0. The third kappa shape index (κ3) is 4.07. The average Bonchev–Trinajstić information content (AvgIpc) is 3.43. The predicted molar refractivity (Wildman–Crippen MR) is 126 cm³/mol. The van der Waals surface area contributed by atoms with Gasteiger partial charge in [-0.1, -0.05) is 6.07 Å². The van der Waals surface area contributed by atoms with Crippen molar-refractivity contribution in [2.24, 2.45) is 16.8 Å². The summed E-state index contributed by atoms with van der Waals surface area (Å²) in [6, 6.07) is 4.22. The van der Waals surface area contributed by atoms with Crippen molar-refractivity contribution in [3.05, 3.63) is 23.9 Å². The summed E-state index contributed by atoms with van der Waals surface area (Å²) in [4.78, 5) is 16.5. The van der Waals surface area contributed by atoms with Crippen molar-refractivity contribution in [2.75, 3.05) is 58.3 Å². The van der Waals surface area contributed by atoms with Crippen LogP contribution in [0.15, 0.2) is 23.3 Å². The molecule has 1 N–H and O–H groups in total. The second-order valence-electron chi connectivity index (χ2n) is 8.70. The zero-order valence-corrected chi connectivity index (χ0v) is 19.8. The molecular weight excluding hydrogens is 479 g/mol. The Labute approximate surface area is 190 Å². The van der Waals surface area contributed by atoms with Crippen LogP contribution in [0.25, 0.3) is 0 Å². The first-order valence-corrected chi connectivity index (χ1v) is 10.7. The highest BCUT2D eigenvalue weighted by atomic mass is 127. The number of hydrogen-bond donors (Lipinski definition) is 1. The van der Waals surface area contributed by atoms with E-state index in [0.717, 1.165) is 57.6 Å². The van der Waals surface area contributed by atoms with E-state index < -0.39 is 0 Å². The van der Waals surface area contributed by atoms with Crippen LogP contribution in [-0.2, 0) is 11.3 Å². The van der Waals surface area contributed by atoms with Crippen molar-refractivity contribution in [3.8, 4) is 0 Å². The van der Waals surface area contributed by atoms with Gasteiger partial charge in [0.1, 0.15) is 5.82 Å². The molecule has 0 amide bonds. The van der Waals surface area contributed by atoms with Crippen LogP contribution in [0.3, 0.4) is 0 Å². The molecule has 4 aliphatic heterocycles. The van der Waals surface area contributed by atoms with Gasteiger partial charge in [0.05, 0.1) is 12.2 Å². The number of ether oxygens (including phenoxy) is 1. The summed E-state index contributed by atoms with van der Waals surface area (Å²) in [6.07, 6.45) is 5.37. The number of piperazine rings is 1. The van der Waals surface area contributed by atoms with Crippen molar-refractivity contribution in [3.63, 3.8) is 0 Å². The number of aromatic nitrogens is 1. The number of pyridine rings is 1. The van der Waals surface area contributed by atoms with Gasteiger partial charge in [0.2, 0.25) is 0 Å². The number of likely N-dealkylation sites (N-methyl/N-ethyl adjacent to an activating group) is 1. The van der Waals surface area contributed by atoms with Gasteiger partial charge in [0, 0.05) is 76.5 Å². The summed E-state index contributed by atoms with van der Waals surface area (Å²) in [7, 11) is 4.08. The lowest BCUT2D eigenvalue weighted by Crippen LogP contribution is -2.45. The molecule has 4 unspecified atom stereocenters. The fourth-order valence-corrected chi connectivity index (χ4v) is 5.51. The Morgan fingerprint density at radius 3 is 2.52 bits per heavy atom. The lowest BCUT2D eigenvalue weighted by Gasteiger charge is -2.34. The number of hydrogen-bond acceptors (Lipinski definition) is 5. The first-order valence-electron chi connectivity index (χ1n) is 10.7. The summed E-state index contributed by atoms with van der Waals surface area (Å²) in [5, 5.41) is 3.61. The van der Waals surface area contributed by atoms with Gasteiger partial charge in [0.25, 0.3) is 0 Å². The van der Waals surface area contributed by atoms with Gasteiger partial charge in [-0.05, 0) is 26.0 Å². The highest BCUT2D eigenvalue weighted by Crippen LogP contribution is 2.47. The first kappa shape index (κ1) is 21.1. The van der Waals surface area contributed by atoms with Gasteiger partial charge < -0.3 is 24.8 Å². The molecule has 0 spiro atoms. The molecule has 1 aromatic heterocycles. The summed E-state index contributed by atoms with van der Waals surface area (Å²) in [5.41, 5.74) is 1.25. The van der Waals surface area contributed by atoms with Gasteiger partial charge in [0.15, 0.2) is 5.96 Å². The quantitative estimate of drug-likeness (QED) is 0.378. The third-order valence-corrected chi connectivity index (χ3v) is 7.07. The number of halogens is 1. The van der Waals surface area contributed by atoms with E-state index in [1.54, 1.807) is 0 Å². The maximum atomic E-state index is 6.12. The van der Waals surface area contributed by atoms with Crippen LogP contribution in [0.1, 0.15) is 18.4 Å². The van der Waals surface area contributed by atoms with Crippen LogP contribution in [0.2, 0.25) is 0 Å². The summed E-state index contributed by atoms with van der Waals surface area (Å²) in [5.74, 6) is 3.51. The van der Waals surface area contributed by atoms with E-state index >= 15 is 0 Å². The molecule has 1 aromatic rings. The number of rotatable bonds is 3. The van der Waals surface area contributed by atoms with Crippen molar-refractivity contribution >= 4 is 35.8 Å². The van der Waals surface area contributed by atoms with Crippen molar-refractivity contribution in [2.45, 2.75) is 31.6 Å². The third-order valence-electron chi connectivity index (χ3n) is 7.07. The predicted octanol–water partition coefficient (Wildman–Crippen LogP) is 1.64. The highest BCUT2D eigenvalue weighted by molar-refractivity contribution is 14.0. The van der Waals surface area contributed by atoms with Crippen molar-refractivity contribution in [1.29, 1.82) is 0 Å². The van der Waals surface area contributed by atoms with E-state index in [0.29, 0.717) is 24.0 Å². The van der Waals surface area contributed by atoms with Gasteiger partial charge >= 0.3 is 0 Å². The summed E-state index contributed by atoms with van der Waals surface area (Å²) in [6.45, 7) is 7.16. The van der Waals surface area contributed by atoms with Gasteiger partial charge in [-0.3, -0.25) is 4.99 Å². The van der Waals surface area contributed by atoms with Crippen LogP contribution >= 0.6 is 24.0 Å². The van der Waals surface area contributed by atoms with Crippen molar-refractivity contribution in [1.82, 2.24) is 20.1 Å². The molecule has 0 aliphatic carbocycles. The summed E-state index contributed by atoms with van der Waals surface area (Å²) < 4.78 is 6.12. The number of fused-ring (bicyclic) bond motifs is 5. The molecule has 4 fully saturated rings. The first-order chi connectivity index (χ1) is 13.7. The zero-order chi connectivity index (χ0) is 19.1. The number of aliphatic imine (C=N–C) groups is 1. The topological polar surface area (TPSA) is 56.2 Å². The van der Waals surface area contributed by atoms with Crippen LogP contribution in [0.5, 0.6) is 0 Å². The zero-order valence-electron chi connectivity index (χ0n) is 17.5. The van der Waals surface area contributed by atoms with Gasteiger partial charge in [-0.25, -0.2) is 4.98 Å². The number of nitrogens with one attached hydrogen (secondary N) is 1. The Morgan fingerprint density at radius 1 is 1.17 bits per heavy atom. The number of nitrogens with zero attached hydrogens (tertiary/aromatic N) is 5. The molecule has 4 atom stereocenters. The van der Waals surface area contributed by atoms with Crippen LogP contribution in [-0.4, -0.2) is 86.3 Å². The maximum Gasteiger partial charge on any atom is 0.193 e. The average molecular weight is 512 g/mol. The molecule has 4 saturated heterocycles. The molecule has 0 saturated carbocycles. The van der Waals surface area contributed by atoms with Crippen LogP contribution in [0, 0.1) is 11.8 Å². The standard InChI is InChI=1S/C21H32N6O.HI/c1-22-21(27-13-16-17(14-27)19-6-5-18(16)28-19)24-12-15-4-3-7-23-20(15)26-10-8-25(2)9-11-26;/h3-4,7,16-19H,5-6,8-14H2,1-2H3,(H,22,24);1H. The SMILES string of the molecule is CN=C(NCc1cccnc1N1CCN(C)CC1)N1CC2C3CCC(O3)C2C1.I. The lowest BCUT2D eigenvalue weighted by atomic mass is 9.82. The largest absolute Gasteiger partial charge is 0.374 e. The number of guanidine groups is 1. The molecule has 29 heavy (non-hydrogen) atoms. The molecule has 7 nitrogen and oxygen atoms in total. The maximum absolute atomic E-state index is 6.12. The van der Waals surface area contributed by atoms with E-state index in [4.69, 9.17) is 9.72 Å². The molecule has 0 aromatic carbocycles. The molecule has 4 aliphatic rings. The van der Waals surface area contributed by atoms with Crippen LogP contribution < -0.4 is 10.2 Å². The molecule has 5 rings (SSSR count). The Morgan fingerprint density at radius 2 is 1.86 bits per heavy atom. The number of likely N-dealkylation sites (tertiary alicyclic amines) is 1. The normalized spacial score (nSPS) is 31.7. The second-order valence-corrected chi connectivity index (χ2v) is 8.70. The Kier molecular flexibility index (Phi) is 6.50. The molecule has 2 bridgehead atoms. The minimum Gasteiger partial charge on any atom is -0.374 e. The Balaban J connectivity index is 0.00000205. The van der Waals surface area contributed by atoms with Crippen LogP contribution in [0.4, 0.5) is 5.82 Å². The Hall–Kier alpha value is -1.13. The molecule has 8 heteroatoms. The molecular formula is C21H33IN6O. The fourth-order valence-electron chi connectivity index (χ4n) is 5.51. The molecule has 160 valence electrons. The molecule has 5 heterocycles. The second kappa shape index (κ2) is 8.93. The van der Waals surface area contributed by atoms with Gasteiger partial charge in [-0.2, -0.15) is 0 Å². The minimum absolute atomic E-state index is 0. The minimum atomic E-state index is 0. The molecule has 0 radical (unpaired) electrons. The lowest BCUT2D eigenvalue weighted by molar-refractivity contribution is 0.0767. The van der Waals surface area contributed by atoms with Crippen molar-refractivity contribution < 1.29 is 4.74 Å². The van der Waals surface area contributed by atoms with E-state index in [9.17, 15) is 0 Å². The highest BCUT2D eigenvalue weighted by Gasteiger charge is 2.53. The Bertz CT molecular complexity index is 720. The van der Waals surface area contributed by atoms with E-state index in [1.807, 2.05) is 19.3 Å². The smallest absolute Gasteiger partial charge is 0.193 e. The fraction of sp³-hybridized carbons (Fsp3) is 0.714. The van der Waals surface area contributed by atoms with E-state index in [2.05, 4.69) is 38.1 Å².